The number of rotatable bonds is 0. The van der Waals surface area contributed by atoms with Gasteiger partial charge in [0.05, 0.1) is 18.8 Å². The Morgan fingerprint density at radius 2 is 1.84 bits per heavy atom. The lowest BCUT2D eigenvalue weighted by molar-refractivity contribution is 0.0224. The summed E-state index contributed by atoms with van der Waals surface area (Å²) in [5.41, 5.74) is 4.30. The zero-order valence-corrected chi connectivity index (χ0v) is 12.6. The second kappa shape index (κ2) is 3.86. The van der Waals surface area contributed by atoms with E-state index in [-0.39, 0.29) is 11.0 Å². The topological polar surface area (TPSA) is 14.2 Å². The summed E-state index contributed by atoms with van der Waals surface area (Å²) in [6, 6.07) is 8.75. The van der Waals surface area contributed by atoms with Gasteiger partial charge in [-0.1, -0.05) is 39.0 Å². The lowest BCUT2D eigenvalue weighted by Crippen LogP contribution is -2.37. The van der Waals surface area contributed by atoms with Crippen molar-refractivity contribution >= 4 is 10.9 Å². The molecule has 0 fully saturated rings. The highest BCUT2D eigenvalue weighted by Gasteiger charge is 2.35. The van der Waals surface area contributed by atoms with Gasteiger partial charge in [0.25, 0.3) is 0 Å². The molecule has 1 aliphatic heterocycles. The third kappa shape index (κ3) is 1.81. The van der Waals surface area contributed by atoms with Crippen LogP contribution < -0.4 is 0 Å². The van der Waals surface area contributed by atoms with E-state index in [1.165, 1.54) is 22.2 Å². The second-order valence-electron chi connectivity index (χ2n) is 7.23. The molecule has 2 nitrogen and oxygen atoms in total. The summed E-state index contributed by atoms with van der Waals surface area (Å²) in [5, 5.41) is 1.38. The minimum atomic E-state index is 0.0245. The van der Waals surface area contributed by atoms with Gasteiger partial charge in [-0.2, -0.15) is 0 Å². The Morgan fingerprint density at radius 3 is 2.53 bits per heavy atom. The van der Waals surface area contributed by atoms with Crippen LogP contribution in [0.4, 0.5) is 0 Å². The maximum absolute atomic E-state index is 5.86. The fraction of sp³-hybridized carbons (Fsp3) is 0.529. The van der Waals surface area contributed by atoms with Crippen molar-refractivity contribution in [3.05, 3.63) is 35.5 Å². The smallest absolute Gasteiger partial charge is 0.0872 e. The third-order valence-electron chi connectivity index (χ3n) is 4.02. The third-order valence-corrected chi connectivity index (χ3v) is 4.02. The van der Waals surface area contributed by atoms with Crippen molar-refractivity contribution in [1.29, 1.82) is 0 Å². The van der Waals surface area contributed by atoms with Crippen LogP contribution in [0.3, 0.4) is 0 Å². The van der Waals surface area contributed by atoms with Crippen LogP contribution in [0.5, 0.6) is 0 Å². The molecule has 0 unspecified atom stereocenters. The maximum Gasteiger partial charge on any atom is 0.0872 e. The Kier molecular flexibility index (Phi) is 2.59. The molecule has 3 rings (SSSR count). The summed E-state index contributed by atoms with van der Waals surface area (Å²) >= 11 is 0. The Hall–Kier alpha value is -1.28. The van der Waals surface area contributed by atoms with Crippen molar-refractivity contribution in [3.8, 4) is 0 Å². The lowest BCUT2D eigenvalue weighted by atomic mass is 9.84. The van der Waals surface area contributed by atoms with Crippen molar-refractivity contribution < 1.29 is 4.74 Å². The largest absolute Gasteiger partial charge is 0.373 e. The van der Waals surface area contributed by atoms with E-state index in [4.69, 9.17) is 4.74 Å². The van der Waals surface area contributed by atoms with E-state index in [2.05, 4.69) is 63.5 Å². The summed E-state index contributed by atoms with van der Waals surface area (Å²) in [6.45, 7) is 12.9. The minimum absolute atomic E-state index is 0.0245. The second-order valence-corrected chi connectivity index (χ2v) is 7.23. The number of fused-ring (bicyclic) bond motifs is 3. The SMILES string of the molecule is CC(C)(C)c1c2n(c3ccccc13)C(C)(C)COC2. The van der Waals surface area contributed by atoms with Crippen LogP contribution in [0, 0.1) is 0 Å². The van der Waals surface area contributed by atoms with Gasteiger partial charge in [0.1, 0.15) is 0 Å². The number of nitrogens with zero attached hydrogens (tertiary/aromatic N) is 1. The molecule has 1 aromatic carbocycles. The van der Waals surface area contributed by atoms with Gasteiger partial charge in [-0.15, -0.1) is 0 Å². The van der Waals surface area contributed by atoms with E-state index >= 15 is 0 Å². The first kappa shape index (κ1) is 12.7. The number of benzene rings is 1. The fourth-order valence-corrected chi connectivity index (χ4v) is 3.42. The summed E-state index contributed by atoms with van der Waals surface area (Å²) in [4.78, 5) is 0. The van der Waals surface area contributed by atoms with Crippen molar-refractivity contribution in [1.82, 2.24) is 4.57 Å². The molecule has 1 aliphatic rings. The highest BCUT2D eigenvalue weighted by molar-refractivity contribution is 5.87. The van der Waals surface area contributed by atoms with E-state index in [1.54, 1.807) is 0 Å². The van der Waals surface area contributed by atoms with Crippen LogP contribution in [0.2, 0.25) is 0 Å². The zero-order chi connectivity index (χ0) is 13.8. The molecule has 0 bridgehead atoms. The average molecular weight is 257 g/mol. The van der Waals surface area contributed by atoms with Gasteiger partial charge in [0.2, 0.25) is 0 Å². The first-order valence-corrected chi connectivity index (χ1v) is 7.03. The van der Waals surface area contributed by atoms with E-state index in [0.717, 1.165) is 13.2 Å². The van der Waals surface area contributed by atoms with Gasteiger partial charge in [-0.25, -0.2) is 0 Å². The highest BCUT2D eigenvalue weighted by atomic mass is 16.5. The number of hydrogen-bond donors (Lipinski definition) is 0. The van der Waals surface area contributed by atoms with Gasteiger partial charge in [0.15, 0.2) is 0 Å². The lowest BCUT2D eigenvalue weighted by Gasteiger charge is -2.35. The highest BCUT2D eigenvalue weighted by Crippen LogP contribution is 2.40. The molecular weight excluding hydrogens is 234 g/mol. The molecule has 2 heterocycles. The van der Waals surface area contributed by atoms with Crippen molar-refractivity contribution in [2.45, 2.75) is 52.2 Å². The minimum Gasteiger partial charge on any atom is -0.373 e. The van der Waals surface area contributed by atoms with Crippen LogP contribution in [0.1, 0.15) is 45.9 Å². The zero-order valence-electron chi connectivity index (χ0n) is 12.6. The molecule has 102 valence electrons. The molecule has 0 saturated carbocycles. The Labute approximate surface area is 115 Å². The van der Waals surface area contributed by atoms with Gasteiger partial charge in [0, 0.05) is 16.6 Å². The van der Waals surface area contributed by atoms with Crippen molar-refractivity contribution in [2.24, 2.45) is 0 Å². The molecule has 0 atom stereocenters. The van der Waals surface area contributed by atoms with E-state index in [0.29, 0.717) is 0 Å². The standard InChI is InChI=1S/C17H23NO/c1-16(2,3)15-12-8-6-7-9-13(12)18-14(15)10-19-11-17(18,4)5/h6-9H,10-11H2,1-5H3. The summed E-state index contributed by atoms with van der Waals surface area (Å²) < 4.78 is 8.35. The fourth-order valence-electron chi connectivity index (χ4n) is 3.42. The monoisotopic (exact) mass is 257 g/mol. The van der Waals surface area contributed by atoms with E-state index in [1.807, 2.05) is 0 Å². The molecule has 0 radical (unpaired) electrons. The number of ether oxygens (including phenoxy) is 1. The maximum atomic E-state index is 5.86. The summed E-state index contributed by atoms with van der Waals surface area (Å²) in [7, 11) is 0. The van der Waals surface area contributed by atoms with Crippen LogP contribution in [-0.2, 0) is 22.3 Å². The van der Waals surface area contributed by atoms with Gasteiger partial charge in [-0.3, -0.25) is 0 Å². The summed E-state index contributed by atoms with van der Waals surface area (Å²) in [6.07, 6.45) is 0. The van der Waals surface area contributed by atoms with E-state index < -0.39 is 0 Å². The van der Waals surface area contributed by atoms with Gasteiger partial charge < -0.3 is 9.30 Å². The molecule has 0 amide bonds. The van der Waals surface area contributed by atoms with Crippen molar-refractivity contribution in [2.75, 3.05) is 6.61 Å². The number of hydrogen-bond acceptors (Lipinski definition) is 1. The van der Waals surface area contributed by atoms with Crippen LogP contribution >= 0.6 is 0 Å². The first-order valence-electron chi connectivity index (χ1n) is 7.03. The molecular formula is C17H23NO. The average Bonchev–Trinajstić information content (AvgIpc) is 2.63. The quantitative estimate of drug-likeness (QED) is 0.689. The Balaban J connectivity index is 2.45. The van der Waals surface area contributed by atoms with Gasteiger partial charge >= 0.3 is 0 Å². The molecule has 0 N–H and O–H groups in total. The van der Waals surface area contributed by atoms with Crippen LogP contribution in [-0.4, -0.2) is 11.2 Å². The van der Waals surface area contributed by atoms with E-state index in [9.17, 15) is 0 Å². The molecule has 1 aromatic heterocycles. The van der Waals surface area contributed by atoms with Gasteiger partial charge in [-0.05, 0) is 30.9 Å². The molecule has 0 aliphatic carbocycles. The Bertz CT molecular complexity index is 595. The predicted molar refractivity (Wildman–Crippen MR) is 79.6 cm³/mol. The summed E-state index contributed by atoms with van der Waals surface area (Å²) in [5.74, 6) is 0. The van der Waals surface area contributed by atoms with Crippen molar-refractivity contribution in [3.63, 3.8) is 0 Å². The molecule has 0 saturated heterocycles. The predicted octanol–water partition coefficient (Wildman–Crippen LogP) is 4.20. The normalized spacial score (nSPS) is 18.6. The first-order chi connectivity index (χ1) is 8.82. The number of para-hydroxylation sites is 1. The van der Waals surface area contributed by atoms with Crippen LogP contribution in [0.25, 0.3) is 10.9 Å². The van der Waals surface area contributed by atoms with Crippen LogP contribution in [0.15, 0.2) is 24.3 Å². The molecule has 2 heteroatoms. The molecule has 2 aromatic rings. The molecule has 0 spiro atoms. The number of aromatic nitrogens is 1. The Morgan fingerprint density at radius 1 is 1.16 bits per heavy atom. The molecule has 19 heavy (non-hydrogen) atoms.